The Hall–Kier alpha value is -2.14. The fourth-order valence-electron chi connectivity index (χ4n) is 2.23. The van der Waals surface area contributed by atoms with Crippen LogP contribution < -0.4 is 5.32 Å². The molecule has 0 fully saturated rings. The van der Waals surface area contributed by atoms with E-state index in [9.17, 15) is 4.79 Å². The van der Waals surface area contributed by atoms with Gasteiger partial charge in [0.1, 0.15) is 0 Å². The van der Waals surface area contributed by atoms with Crippen molar-refractivity contribution in [3.63, 3.8) is 0 Å². The van der Waals surface area contributed by atoms with E-state index in [0.29, 0.717) is 31.0 Å². The molecule has 0 aliphatic carbocycles. The standard InChI is InChI=1S/C16H21N3O2/c1-4-21-10-14-8-6-5-7-13(14)9-17-16(20)15-11(2)18-19-12(15)3/h5-8H,4,9-10H2,1-3H3,(H,17,20)(H,18,19). The van der Waals surface area contributed by atoms with Crippen LogP contribution in [0.3, 0.4) is 0 Å². The molecule has 0 unspecified atom stereocenters. The van der Waals surface area contributed by atoms with Gasteiger partial charge in [0.05, 0.1) is 17.9 Å². The third-order valence-electron chi connectivity index (χ3n) is 3.37. The molecule has 112 valence electrons. The van der Waals surface area contributed by atoms with E-state index in [1.807, 2.05) is 45.0 Å². The van der Waals surface area contributed by atoms with Gasteiger partial charge in [0.25, 0.3) is 5.91 Å². The Bertz CT molecular complexity index is 600. The maximum absolute atomic E-state index is 12.2. The highest BCUT2D eigenvalue weighted by molar-refractivity contribution is 5.96. The van der Waals surface area contributed by atoms with Gasteiger partial charge in [-0.05, 0) is 31.9 Å². The lowest BCUT2D eigenvalue weighted by atomic mass is 10.1. The SMILES string of the molecule is CCOCc1ccccc1CNC(=O)c1c(C)n[nH]c1C. The third-order valence-corrected chi connectivity index (χ3v) is 3.37. The van der Waals surface area contributed by atoms with Crippen molar-refractivity contribution in [3.05, 3.63) is 52.3 Å². The van der Waals surface area contributed by atoms with Crippen LogP contribution in [-0.2, 0) is 17.9 Å². The van der Waals surface area contributed by atoms with Gasteiger partial charge in [0.15, 0.2) is 0 Å². The highest BCUT2D eigenvalue weighted by Crippen LogP contribution is 2.12. The van der Waals surface area contributed by atoms with E-state index in [-0.39, 0.29) is 5.91 Å². The number of hydrogen-bond donors (Lipinski definition) is 2. The first-order valence-electron chi connectivity index (χ1n) is 7.07. The highest BCUT2D eigenvalue weighted by atomic mass is 16.5. The second-order valence-electron chi connectivity index (χ2n) is 4.90. The van der Waals surface area contributed by atoms with Crippen LogP contribution in [-0.4, -0.2) is 22.7 Å². The predicted octanol–water partition coefficient (Wildman–Crippen LogP) is 2.49. The number of aromatic amines is 1. The molecule has 0 spiro atoms. The van der Waals surface area contributed by atoms with Crippen molar-refractivity contribution >= 4 is 5.91 Å². The Morgan fingerprint density at radius 2 is 2.00 bits per heavy atom. The van der Waals surface area contributed by atoms with E-state index in [0.717, 1.165) is 16.8 Å². The molecule has 0 aliphatic rings. The molecule has 0 aliphatic heterocycles. The number of amides is 1. The quantitative estimate of drug-likeness (QED) is 0.857. The van der Waals surface area contributed by atoms with Gasteiger partial charge < -0.3 is 10.1 Å². The summed E-state index contributed by atoms with van der Waals surface area (Å²) in [7, 11) is 0. The average molecular weight is 287 g/mol. The minimum Gasteiger partial charge on any atom is -0.377 e. The van der Waals surface area contributed by atoms with Crippen LogP contribution in [0.2, 0.25) is 0 Å². The normalized spacial score (nSPS) is 10.6. The van der Waals surface area contributed by atoms with Gasteiger partial charge in [0.2, 0.25) is 0 Å². The largest absolute Gasteiger partial charge is 0.377 e. The molecule has 0 bridgehead atoms. The molecule has 5 nitrogen and oxygen atoms in total. The smallest absolute Gasteiger partial charge is 0.255 e. The molecular formula is C16H21N3O2. The van der Waals surface area contributed by atoms with Crippen molar-refractivity contribution in [2.45, 2.75) is 33.9 Å². The predicted molar refractivity (Wildman–Crippen MR) is 81.0 cm³/mol. The summed E-state index contributed by atoms with van der Waals surface area (Å²) in [6.07, 6.45) is 0. The first-order valence-corrected chi connectivity index (χ1v) is 7.07. The second kappa shape index (κ2) is 7.04. The van der Waals surface area contributed by atoms with Crippen LogP contribution >= 0.6 is 0 Å². The van der Waals surface area contributed by atoms with Gasteiger partial charge in [-0.15, -0.1) is 0 Å². The number of nitrogens with zero attached hydrogens (tertiary/aromatic N) is 1. The summed E-state index contributed by atoms with van der Waals surface area (Å²) in [5.41, 5.74) is 4.29. The second-order valence-corrected chi connectivity index (χ2v) is 4.90. The molecule has 0 saturated carbocycles. The first-order chi connectivity index (χ1) is 10.1. The van der Waals surface area contributed by atoms with E-state index < -0.39 is 0 Å². The molecule has 0 atom stereocenters. The van der Waals surface area contributed by atoms with Gasteiger partial charge >= 0.3 is 0 Å². The van der Waals surface area contributed by atoms with Crippen LogP contribution in [0, 0.1) is 13.8 Å². The summed E-state index contributed by atoms with van der Waals surface area (Å²) in [5, 5.41) is 9.81. The Morgan fingerprint density at radius 1 is 1.29 bits per heavy atom. The van der Waals surface area contributed by atoms with E-state index in [1.165, 1.54) is 0 Å². The summed E-state index contributed by atoms with van der Waals surface area (Å²) in [6.45, 7) is 7.35. The number of hydrogen-bond acceptors (Lipinski definition) is 3. The minimum absolute atomic E-state index is 0.107. The number of nitrogens with one attached hydrogen (secondary N) is 2. The van der Waals surface area contributed by atoms with E-state index in [2.05, 4.69) is 15.5 Å². The topological polar surface area (TPSA) is 67.0 Å². The molecular weight excluding hydrogens is 266 g/mol. The maximum Gasteiger partial charge on any atom is 0.255 e. The first kappa shape index (κ1) is 15.3. The molecule has 1 amide bonds. The van der Waals surface area contributed by atoms with Crippen molar-refractivity contribution in [1.29, 1.82) is 0 Å². The number of carbonyl (C=O) groups excluding carboxylic acids is 1. The zero-order valence-corrected chi connectivity index (χ0v) is 12.7. The lowest BCUT2D eigenvalue weighted by Gasteiger charge is -2.11. The van der Waals surface area contributed by atoms with Gasteiger partial charge in [-0.25, -0.2) is 0 Å². The minimum atomic E-state index is -0.107. The molecule has 0 saturated heterocycles. The average Bonchev–Trinajstić information content (AvgIpc) is 2.82. The van der Waals surface area contributed by atoms with Gasteiger partial charge in [-0.2, -0.15) is 5.10 Å². The highest BCUT2D eigenvalue weighted by Gasteiger charge is 2.15. The number of carbonyl (C=O) groups is 1. The van der Waals surface area contributed by atoms with E-state index in [4.69, 9.17) is 4.74 Å². The number of benzene rings is 1. The number of ether oxygens (including phenoxy) is 1. The summed E-state index contributed by atoms with van der Waals surface area (Å²) < 4.78 is 5.45. The summed E-state index contributed by atoms with van der Waals surface area (Å²) in [4.78, 5) is 12.2. The molecule has 2 aromatic rings. The molecule has 21 heavy (non-hydrogen) atoms. The summed E-state index contributed by atoms with van der Waals surface area (Å²) in [6, 6.07) is 7.96. The van der Waals surface area contributed by atoms with Crippen LogP contribution in [0.1, 0.15) is 39.8 Å². The lowest BCUT2D eigenvalue weighted by molar-refractivity contribution is 0.0948. The number of aryl methyl sites for hydroxylation is 2. The molecule has 2 N–H and O–H groups in total. The van der Waals surface area contributed by atoms with Crippen molar-refractivity contribution in [2.24, 2.45) is 0 Å². The van der Waals surface area contributed by atoms with Crippen LogP contribution in [0.4, 0.5) is 0 Å². The Kier molecular flexibility index (Phi) is 5.11. The number of rotatable bonds is 6. The molecule has 1 aromatic heterocycles. The van der Waals surface area contributed by atoms with Crippen LogP contribution in [0.5, 0.6) is 0 Å². The third kappa shape index (κ3) is 3.70. The van der Waals surface area contributed by atoms with Gasteiger partial charge in [-0.3, -0.25) is 9.89 Å². The maximum atomic E-state index is 12.2. The summed E-state index contributed by atoms with van der Waals surface area (Å²) >= 11 is 0. The van der Waals surface area contributed by atoms with Gasteiger partial charge in [-0.1, -0.05) is 24.3 Å². The Labute approximate surface area is 124 Å². The van der Waals surface area contributed by atoms with Crippen molar-refractivity contribution in [2.75, 3.05) is 6.61 Å². The van der Waals surface area contributed by atoms with Crippen molar-refractivity contribution in [3.8, 4) is 0 Å². The molecule has 2 rings (SSSR count). The van der Waals surface area contributed by atoms with Crippen LogP contribution in [0.25, 0.3) is 0 Å². The van der Waals surface area contributed by atoms with Crippen LogP contribution in [0.15, 0.2) is 24.3 Å². The fraction of sp³-hybridized carbons (Fsp3) is 0.375. The zero-order chi connectivity index (χ0) is 15.2. The van der Waals surface area contributed by atoms with Gasteiger partial charge in [0, 0.05) is 18.8 Å². The molecule has 0 radical (unpaired) electrons. The summed E-state index contributed by atoms with van der Waals surface area (Å²) in [5.74, 6) is -0.107. The Balaban J connectivity index is 2.05. The number of H-pyrrole nitrogens is 1. The zero-order valence-electron chi connectivity index (χ0n) is 12.7. The van der Waals surface area contributed by atoms with E-state index in [1.54, 1.807) is 0 Å². The lowest BCUT2D eigenvalue weighted by Crippen LogP contribution is -2.24. The monoisotopic (exact) mass is 287 g/mol. The van der Waals surface area contributed by atoms with E-state index >= 15 is 0 Å². The molecule has 1 aromatic carbocycles. The fourth-order valence-corrected chi connectivity index (χ4v) is 2.23. The van der Waals surface area contributed by atoms with Crippen molar-refractivity contribution in [1.82, 2.24) is 15.5 Å². The molecule has 5 heteroatoms. The van der Waals surface area contributed by atoms with Crippen molar-refractivity contribution < 1.29 is 9.53 Å². The number of aromatic nitrogens is 2. The Morgan fingerprint density at radius 3 is 2.62 bits per heavy atom. The molecule has 1 heterocycles.